The van der Waals surface area contributed by atoms with Gasteiger partial charge in [0.05, 0.1) is 0 Å². The lowest BCUT2D eigenvalue weighted by Crippen LogP contribution is -2.31. The van der Waals surface area contributed by atoms with E-state index in [9.17, 15) is 0 Å². The summed E-state index contributed by atoms with van der Waals surface area (Å²) in [5.74, 6) is 0. The monoisotopic (exact) mass is 865 g/mol. The normalized spacial score (nSPS) is 16.3. The number of fused-ring (bicyclic) bond motifs is 5. The summed E-state index contributed by atoms with van der Waals surface area (Å²) in [6, 6.07) is 62.6. The van der Waals surface area contributed by atoms with Gasteiger partial charge in [-0.05, 0) is 133 Å². The fourth-order valence-electron chi connectivity index (χ4n) is 10.2. The summed E-state index contributed by atoms with van der Waals surface area (Å²) < 4.78 is 2.65. The average Bonchev–Trinajstić information content (AvgIpc) is 3.79. The Labute approximate surface area is 392 Å². The van der Waals surface area contributed by atoms with Crippen LogP contribution >= 0.6 is 11.3 Å². The third kappa shape index (κ3) is 7.58. The summed E-state index contributed by atoms with van der Waals surface area (Å²) in [5, 5.41) is 7.81. The average molecular weight is 866 g/mol. The minimum Gasteiger partial charge on any atom is -0.341 e. The summed E-state index contributed by atoms with van der Waals surface area (Å²) in [7, 11) is 0. The van der Waals surface area contributed by atoms with E-state index >= 15 is 0 Å². The minimum atomic E-state index is 0.730. The van der Waals surface area contributed by atoms with Crippen molar-refractivity contribution in [1.29, 1.82) is 0 Å². The molecule has 0 atom stereocenters. The van der Waals surface area contributed by atoms with Crippen LogP contribution in [-0.2, 0) is 0 Å². The van der Waals surface area contributed by atoms with Crippen LogP contribution in [0, 0.1) is 0 Å². The standard InChI is InChI=1S/C64H51NS/c1-4-60-58(41-44(3)52-27-18-28-57-53-24-15-16-29-61(53)66-64(52)57)43(2)19-8-7-17-40-65(60)51-38-39-56-59(42-51)63(50-36-32-48(33-37-50)46-22-11-6-12-23-46)55-26-14-13-25-54(55)62(56)49-34-30-47(31-35-49)45-20-9-5-10-21-45/h5-12,15-39,41-42H,2,4,13-14,40H2,1,3H3/b17-7-,19-8-,44-41+,60-58-. The number of hydrogen-bond donors (Lipinski definition) is 0. The highest BCUT2D eigenvalue weighted by Gasteiger charge is 2.22. The van der Waals surface area contributed by atoms with E-state index in [1.54, 1.807) is 0 Å². The Balaban J connectivity index is 1.12. The van der Waals surface area contributed by atoms with Gasteiger partial charge in [-0.15, -0.1) is 11.3 Å². The highest BCUT2D eigenvalue weighted by Crippen LogP contribution is 2.41. The summed E-state index contributed by atoms with van der Waals surface area (Å²) >= 11 is 1.88. The van der Waals surface area contributed by atoms with Crippen LogP contribution < -0.4 is 15.3 Å². The van der Waals surface area contributed by atoms with Crippen molar-refractivity contribution in [2.24, 2.45) is 0 Å². The molecule has 1 nitrogen and oxygen atoms in total. The molecule has 0 spiro atoms. The van der Waals surface area contributed by atoms with Crippen LogP contribution in [0.2, 0.25) is 0 Å². The lowest BCUT2D eigenvalue weighted by Gasteiger charge is -2.29. The van der Waals surface area contributed by atoms with Crippen LogP contribution in [0.1, 0.15) is 38.7 Å². The Hall–Kier alpha value is -7.52. The second-order valence-electron chi connectivity index (χ2n) is 17.4. The van der Waals surface area contributed by atoms with Crippen LogP contribution in [0.5, 0.6) is 0 Å². The maximum atomic E-state index is 4.71. The second kappa shape index (κ2) is 17.8. The van der Waals surface area contributed by atoms with Gasteiger partial charge >= 0.3 is 0 Å². The second-order valence-corrected chi connectivity index (χ2v) is 18.5. The molecule has 0 saturated heterocycles. The molecule has 11 rings (SSSR count). The Morgan fingerprint density at radius 1 is 0.576 bits per heavy atom. The topological polar surface area (TPSA) is 3.24 Å². The smallest absolute Gasteiger partial charge is 0.0430 e. The molecule has 1 aliphatic carbocycles. The van der Waals surface area contributed by atoms with Gasteiger partial charge in [-0.25, -0.2) is 0 Å². The molecule has 0 saturated carbocycles. The van der Waals surface area contributed by atoms with Gasteiger partial charge in [0.15, 0.2) is 0 Å². The maximum absolute atomic E-state index is 4.71. The third-order valence-corrected chi connectivity index (χ3v) is 14.7. The van der Waals surface area contributed by atoms with E-state index in [1.807, 2.05) is 11.3 Å². The summed E-state index contributed by atoms with van der Waals surface area (Å²) in [6.45, 7) is 9.99. The van der Waals surface area contributed by atoms with Gasteiger partial charge in [0.2, 0.25) is 0 Å². The van der Waals surface area contributed by atoms with Crippen LogP contribution in [-0.4, -0.2) is 6.54 Å². The lowest BCUT2D eigenvalue weighted by atomic mass is 9.85. The van der Waals surface area contributed by atoms with Gasteiger partial charge in [-0.3, -0.25) is 0 Å². The number of nitrogens with zero attached hydrogens (tertiary/aromatic N) is 1. The molecule has 9 aromatic rings. The van der Waals surface area contributed by atoms with Gasteiger partial charge in [0, 0.05) is 43.7 Å². The van der Waals surface area contributed by atoms with E-state index in [1.165, 1.54) is 108 Å². The number of rotatable bonds is 8. The Kier molecular flexibility index (Phi) is 11.1. The Morgan fingerprint density at radius 3 is 1.80 bits per heavy atom. The molecule has 2 heterocycles. The zero-order valence-corrected chi connectivity index (χ0v) is 38.4. The predicted molar refractivity (Wildman–Crippen MR) is 288 cm³/mol. The molecule has 1 aromatic heterocycles. The molecule has 0 N–H and O–H groups in total. The summed E-state index contributed by atoms with van der Waals surface area (Å²) in [6.07, 6.45) is 19.0. The molecular weight excluding hydrogens is 815 g/mol. The zero-order valence-electron chi connectivity index (χ0n) is 37.6. The minimum absolute atomic E-state index is 0.730. The molecule has 0 fully saturated rings. The maximum Gasteiger partial charge on any atom is 0.0430 e. The van der Waals surface area contributed by atoms with Gasteiger partial charge in [-0.2, -0.15) is 0 Å². The first kappa shape index (κ1) is 41.2. The first-order valence-electron chi connectivity index (χ1n) is 23.3. The fraction of sp³-hybridized carbons (Fsp3) is 0.0938. The SMILES string of the molecule is C=C1/C=C\C=C/CN(c2ccc3c(-c4ccc(-c5ccccc5)cc4)c4c(c(-c5ccc(-c6ccccc6)cc5)c3c2)=CCCC=4)/C(CC)=C1/C=C(\C)c1cccc2c1sc1ccccc12. The van der Waals surface area contributed by atoms with Crippen LogP contribution in [0.4, 0.5) is 5.69 Å². The number of benzene rings is 8. The largest absolute Gasteiger partial charge is 0.341 e. The third-order valence-electron chi connectivity index (χ3n) is 13.4. The van der Waals surface area contributed by atoms with Crippen molar-refractivity contribution in [1.82, 2.24) is 0 Å². The van der Waals surface area contributed by atoms with Gasteiger partial charge < -0.3 is 4.90 Å². The van der Waals surface area contributed by atoms with Crippen molar-refractivity contribution >= 4 is 65.7 Å². The quantitative estimate of drug-likeness (QED) is 0.147. The van der Waals surface area contributed by atoms with Gasteiger partial charge in [-0.1, -0.05) is 202 Å². The molecule has 318 valence electrons. The van der Waals surface area contributed by atoms with E-state index in [0.29, 0.717) is 0 Å². The van der Waals surface area contributed by atoms with Gasteiger partial charge in [0.25, 0.3) is 0 Å². The molecule has 0 unspecified atom stereocenters. The van der Waals surface area contributed by atoms with Crippen LogP contribution in [0.15, 0.2) is 224 Å². The number of hydrogen-bond acceptors (Lipinski definition) is 2. The van der Waals surface area contributed by atoms with Crippen LogP contribution in [0.25, 0.3) is 93.2 Å². The van der Waals surface area contributed by atoms with E-state index in [0.717, 1.165) is 37.0 Å². The highest BCUT2D eigenvalue weighted by atomic mass is 32.1. The van der Waals surface area contributed by atoms with Crippen molar-refractivity contribution in [3.05, 3.63) is 240 Å². The number of thiophene rings is 1. The molecule has 8 aromatic carbocycles. The van der Waals surface area contributed by atoms with Crippen molar-refractivity contribution in [2.75, 3.05) is 11.4 Å². The number of anilines is 1. The van der Waals surface area contributed by atoms with E-state index in [4.69, 9.17) is 6.58 Å². The molecule has 2 aliphatic rings. The van der Waals surface area contributed by atoms with Crippen molar-refractivity contribution in [3.8, 4) is 44.5 Å². The lowest BCUT2D eigenvalue weighted by molar-refractivity contribution is 0.919. The zero-order chi connectivity index (χ0) is 44.6. The molecular formula is C64H51NS. The van der Waals surface area contributed by atoms with E-state index < -0.39 is 0 Å². The Bertz CT molecular complexity index is 3580. The summed E-state index contributed by atoms with van der Waals surface area (Å²) in [5.41, 5.74) is 17.1. The first-order valence-corrected chi connectivity index (χ1v) is 24.1. The highest BCUT2D eigenvalue weighted by molar-refractivity contribution is 7.26. The van der Waals surface area contributed by atoms with Crippen molar-refractivity contribution in [3.63, 3.8) is 0 Å². The predicted octanol–water partition coefficient (Wildman–Crippen LogP) is 16.5. The van der Waals surface area contributed by atoms with Crippen LogP contribution in [0.3, 0.4) is 0 Å². The van der Waals surface area contributed by atoms with E-state index in [-0.39, 0.29) is 0 Å². The van der Waals surface area contributed by atoms with Crippen molar-refractivity contribution < 1.29 is 0 Å². The van der Waals surface area contributed by atoms with Crippen molar-refractivity contribution in [2.45, 2.75) is 33.1 Å². The van der Waals surface area contributed by atoms with Gasteiger partial charge in [0.1, 0.15) is 0 Å². The number of allylic oxidation sites excluding steroid dienone is 8. The molecule has 0 radical (unpaired) electrons. The Morgan fingerprint density at radius 2 is 1.15 bits per heavy atom. The summed E-state index contributed by atoms with van der Waals surface area (Å²) in [4.78, 5) is 2.53. The molecule has 0 bridgehead atoms. The molecule has 1 aliphatic heterocycles. The first-order chi connectivity index (χ1) is 32.5. The molecule has 2 heteroatoms. The molecule has 66 heavy (non-hydrogen) atoms. The fourth-order valence-corrected chi connectivity index (χ4v) is 11.5. The van der Waals surface area contributed by atoms with E-state index in [2.05, 4.69) is 231 Å². The molecule has 0 amide bonds.